The van der Waals surface area contributed by atoms with Crippen molar-refractivity contribution in [2.75, 3.05) is 5.32 Å². The molecule has 0 heterocycles. The van der Waals surface area contributed by atoms with Crippen LogP contribution in [0.15, 0.2) is 36.4 Å². The molecule has 0 saturated heterocycles. The first-order chi connectivity index (χ1) is 9.88. The molecule has 1 amide bonds. The first-order valence-electron chi connectivity index (χ1n) is 5.59. The number of anilines is 1. The molecule has 0 aromatic heterocycles. The van der Waals surface area contributed by atoms with Crippen LogP contribution in [0.5, 0.6) is 0 Å². The summed E-state index contributed by atoms with van der Waals surface area (Å²) in [5, 5.41) is 12.7. The largest absolute Gasteiger partial charge is 0.319 e. The van der Waals surface area contributed by atoms with Crippen LogP contribution in [-0.2, 0) is 0 Å². The Kier molecular flexibility index (Phi) is 3.88. The number of halogens is 3. The number of hydrogen-bond donors (Lipinski definition) is 1. The van der Waals surface area contributed by atoms with Crippen LogP contribution < -0.4 is 5.32 Å². The minimum Gasteiger partial charge on any atom is -0.319 e. The summed E-state index contributed by atoms with van der Waals surface area (Å²) >= 11 is 0. The maximum atomic E-state index is 13.4. The molecule has 0 aliphatic rings. The van der Waals surface area contributed by atoms with Gasteiger partial charge in [-0.05, 0) is 24.3 Å². The van der Waals surface area contributed by atoms with Gasteiger partial charge in [0.2, 0.25) is 0 Å². The third kappa shape index (κ3) is 3.16. The lowest BCUT2D eigenvalue weighted by atomic mass is 10.1. The molecule has 5 nitrogen and oxygen atoms in total. The van der Waals surface area contributed by atoms with Gasteiger partial charge in [0.1, 0.15) is 23.0 Å². The van der Waals surface area contributed by atoms with E-state index in [9.17, 15) is 28.1 Å². The fourth-order valence-corrected chi connectivity index (χ4v) is 1.63. The molecular weight excluding hydrogens is 289 g/mol. The first-order valence-corrected chi connectivity index (χ1v) is 5.59. The maximum absolute atomic E-state index is 13.4. The Balaban J connectivity index is 2.39. The van der Waals surface area contributed by atoms with Crippen LogP contribution in [0.25, 0.3) is 0 Å². The predicted molar refractivity (Wildman–Crippen MR) is 67.4 cm³/mol. The highest BCUT2D eigenvalue weighted by atomic mass is 19.1. The van der Waals surface area contributed by atoms with Gasteiger partial charge in [0.15, 0.2) is 0 Å². The van der Waals surface area contributed by atoms with Gasteiger partial charge in [-0.1, -0.05) is 0 Å². The number of carbonyl (C=O) groups is 1. The van der Waals surface area contributed by atoms with E-state index < -0.39 is 45.2 Å². The van der Waals surface area contributed by atoms with Gasteiger partial charge in [0.05, 0.1) is 10.6 Å². The number of carbonyl (C=O) groups excluding carboxylic acids is 1. The Bertz CT molecular complexity index is 735. The quantitative estimate of drug-likeness (QED) is 0.698. The number of nitrogens with one attached hydrogen (secondary N) is 1. The van der Waals surface area contributed by atoms with Crippen molar-refractivity contribution >= 4 is 17.3 Å². The minimum atomic E-state index is -1.12. The number of benzene rings is 2. The van der Waals surface area contributed by atoms with Gasteiger partial charge in [0.25, 0.3) is 11.6 Å². The van der Waals surface area contributed by atoms with Crippen molar-refractivity contribution in [1.82, 2.24) is 0 Å². The van der Waals surface area contributed by atoms with Gasteiger partial charge >= 0.3 is 0 Å². The normalized spacial score (nSPS) is 10.2. The van der Waals surface area contributed by atoms with Gasteiger partial charge in [-0.3, -0.25) is 14.9 Å². The fraction of sp³-hybridized carbons (Fsp3) is 0. The van der Waals surface area contributed by atoms with Crippen molar-refractivity contribution in [2.24, 2.45) is 0 Å². The second kappa shape index (κ2) is 5.61. The second-order valence-corrected chi connectivity index (χ2v) is 4.00. The average molecular weight is 296 g/mol. The lowest BCUT2D eigenvalue weighted by Crippen LogP contribution is -2.15. The minimum absolute atomic E-state index is 0.501. The molecule has 0 aliphatic carbocycles. The Labute approximate surface area is 116 Å². The lowest BCUT2D eigenvalue weighted by Gasteiger charge is -2.07. The summed E-state index contributed by atoms with van der Waals surface area (Å²) in [6.07, 6.45) is 0. The van der Waals surface area contributed by atoms with E-state index in [2.05, 4.69) is 0 Å². The number of nitro benzene ring substituents is 1. The smallest absolute Gasteiger partial charge is 0.282 e. The summed E-state index contributed by atoms with van der Waals surface area (Å²) in [5.74, 6) is -3.72. The predicted octanol–water partition coefficient (Wildman–Crippen LogP) is 3.26. The Morgan fingerprint density at radius 2 is 1.67 bits per heavy atom. The summed E-state index contributed by atoms with van der Waals surface area (Å²) in [6, 6.07) is 4.60. The molecule has 0 atom stereocenters. The highest BCUT2D eigenvalue weighted by molar-refractivity contribution is 6.07. The molecule has 0 spiro atoms. The van der Waals surface area contributed by atoms with E-state index in [0.29, 0.717) is 12.1 Å². The van der Waals surface area contributed by atoms with E-state index in [0.717, 1.165) is 24.3 Å². The van der Waals surface area contributed by atoms with Crippen molar-refractivity contribution < 1.29 is 22.9 Å². The van der Waals surface area contributed by atoms with E-state index >= 15 is 0 Å². The van der Waals surface area contributed by atoms with Gasteiger partial charge in [0, 0.05) is 12.1 Å². The highest BCUT2D eigenvalue weighted by Gasteiger charge is 2.21. The second-order valence-electron chi connectivity index (χ2n) is 4.00. The lowest BCUT2D eigenvalue weighted by molar-refractivity contribution is -0.385. The summed E-state index contributed by atoms with van der Waals surface area (Å²) in [5.41, 5.74) is -1.74. The molecule has 0 unspecified atom stereocenters. The van der Waals surface area contributed by atoms with Gasteiger partial charge in [-0.25, -0.2) is 13.2 Å². The molecule has 0 fully saturated rings. The molecule has 2 aromatic carbocycles. The van der Waals surface area contributed by atoms with Crippen LogP contribution in [-0.4, -0.2) is 10.8 Å². The molecule has 0 bridgehead atoms. The van der Waals surface area contributed by atoms with Crippen LogP contribution in [0.3, 0.4) is 0 Å². The van der Waals surface area contributed by atoms with Crippen LogP contribution in [0.2, 0.25) is 0 Å². The molecule has 0 saturated carbocycles. The van der Waals surface area contributed by atoms with Gasteiger partial charge < -0.3 is 5.32 Å². The number of amides is 1. The summed E-state index contributed by atoms with van der Waals surface area (Å²) in [7, 11) is 0. The van der Waals surface area contributed by atoms with Crippen LogP contribution in [0.1, 0.15) is 10.4 Å². The van der Waals surface area contributed by atoms with Crippen molar-refractivity contribution in [2.45, 2.75) is 0 Å². The number of hydrogen-bond acceptors (Lipinski definition) is 3. The highest BCUT2D eigenvalue weighted by Crippen LogP contribution is 2.22. The van der Waals surface area contributed by atoms with Crippen LogP contribution >= 0.6 is 0 Å². The standard InChI is InChI=1S/C13H7F3N2O3/c14-7-2-4-12(18(20)21)9(5-7)13(19)17-11-6-8(15)1-3-10(11)16/h1-6H,(H,17,19). The SMILES string of the molecule is O=C(Nc1cc(F)ccc1F)c1cc(F)ccc1[N+](=O)[O-]. The monoisotopic (exact) mass is 296 g/mol. The first kappa shape index (κ1) is 14.5. The summed E-state index contributed by atoms with van der Waals surface area (Å²) in [6.45, 7) is 0. The molecule has 2 aromatic rings. The molecule has 108 valence electrons. The van der Waals surface area contributed by atoms with E-state index in [1.807, 2.05) is 5.32 Å². The molecule has 0 radical (unpaired) electrons. The van der Waals surface area contributed by atoms with Crippen molar-refractivity contribution in [3.05, 3.63) is 69.5 Å². The Morgan fingerprint density at radius 1 is 1.05 bits per heavy atom. The molecular formula is C13H7F3N2O3. The van der Waals surface area contributed by atoms with E-state index in [1.54, 1.807) is 0 Å². The van der Waals surface area contributed by atoms with E-state index in [-0.39, 0.29) is 0 Å². The fourth-order valence-electron chi connectivity index (χ4n) is 1.63. The van der Waals surface area contributed by atoms with Crippen molar-refractivity contribution in [3.63, 3.8) is 0 Å². The third-order valence-corrected chi connectivity index (χ3v) is 2.58. The van der Waals surface area contributed by atoms with Crippen molar-refractivity contribution in [1.29, 1.82) is 0 Å². The van der Waals surface area contributed by atoms with E-state index in [4.69, 9.17) is 0 Å². The van der Waals surface area contributed by atoms with Gasteiger partial charge in [-0.15, -0.1) is 0 Å². The number of nitrogens with zero attached hydrogens (tertiary/aromatic N) is 1. The Morgan fingerprint density at radius 3 is 2.33 bits per heavy atom. The zero-order valence-corrected chi connectivity index (χ0v) is 10.3. The molecule has 1 N–H and O–H groups in total. The van der Waals surface area contributed by atoms with Crippen LogP contribution in [0.4, 0.5) is 24.5 Å². The summed E-state index contributed by atoms with van der Waals surface area (Å²) in [4.78, 5) is 21.8. The molecule has 8 heteroatoms. The molecule has 21 heavy (non-hydrogen) atoms. The van der Waals surface area contributed by atoms with Crippen molar-refractivity contribution in [3.8, 4) is 0 Å². The average Bonchev–Trinajstić information content (AvgIpc) is 2.42. The zero-order chi connectivity index (χ0) is 15.6. The number of rotatable bonds is 3. The third-order valence-electron chi connectivity index (χ3n) is 2.58. The zero-order valence-electron chi connectivity index (χ0n) is 10.3. The van der Waals surface area contributed by atoms with E-state index in [1.165, 1.54) is 0 Å². The summed E-state index contributed by atoms with van der Waals surface area (Å²) < 4.78 is 39.5. The topological polar surface area (TPSA) is 72.2 Å². The molecule has 0 aliphatic heterocycles. The van der Waals surface area contributed by atoms with Gasteiger partial charge in [-0.2, -0.15) is 0 Å². The Hall–Kier alpha value is -2.90. The number of nitro groups is 1. The maximum Gasteiger partial charge on any atom is 0.282 e. The van der Waals surface area contributed by atoms with Crippen LogP contribution in [0, 0.1) is 27.6 Å². The molecule has 2 rings (SSSR count).